The van der Waals surface area contributed by atoms with E-state index in [1.807, 2.05) is 13.8 Å². The first kappa shape index (κ1) is 55.5. The molecule has 0 radical (unpaired) electrons. The topological polar surface area (TPSA) is 120 Å². The number of rotatable bonds is 52. The maximum Gasteiger partial charge on any atom is 0.0703 e. The molecular formula is C43H88O13. The van der Waals surface area contributed by atoms with Crippen molar-refractivity contribution in [1.29, 1.82) is 0 Å². The third-order valence-corrected chi connectivity index (χ3v) is 8.41. The summed E-state index contributed by atoms with van der Waals surface area (Å²) in [7, 11) is 0. The van der Waals surface area contributed by atoms with Gasteiger partial charge in [-0.3, -0.25) is 0 Å². The van der Waals surface area contributed by atoms with Gasteiger partial charge < -0.3 is 61.6 Å². The van der Waals surface area contributed by atoms with Crippen LogP contribution in [0.4, 0.5) is 0 Å². The number of hydrogen-bond acceptors (Lipinski definition) is 13. The first-order valence-electron chi connectivity index (χ1n) is 22.3. The van der Waals surface area contributed by atoms with Gasteiger partial charge in [0, 0.05) is 6.61 Å². The minimum atomic E-state index is 0.231. The molecule has 0 aromatic rings. The van der Waals surface area contributed by atoms with Gasteiger partial charge in [-0.25, -0.2) is 0 Å². The van der Waals surface area contributed by atoms with Crippen LogP contribution in [0.2, 0.25) is 0 Å². The van der Waals surface area contributed by atoms with Crippen LogP contribution in [0, 0.1) is 0 Å². The molecule has 0 saturated carbocycles. The second kappa shape index (κ2) is 52.5. The molecule has 13 heteroatoms. The van der Waals surface area contributed by atoms with Crippen LogP contribution < -0.4 is 0 Å². The Bertz CT molecular complexity index is 678. The van der Waals surface area contributed by atoms with Gasteiger partial charge in [-0.1, -0.05) is 90.4 Å². The highest BCUT2D eigenvalue weighted by atomic mass is 16.6. The molecule has 0 aliphatic rings. The van der Waals surface area contributed by atoms with Gasteiger partial charge in [0.25, 0.3) is 0 Å². The normalized spacial score (nSPS) is 11.8. The maximum atomic E-state index is 5.69. The molecule has 0 unspecified atom stereocenters. The molecule has 13 nitrogen and oxygen atoms in total. The summed E-state index contributed by atoms with van der Waals surface area (Å²) in [6, 6.07) is 0. The molecule has 0 saturated heterocycles. The van der Waals surface area contributed by atoms with Crippen molar-refractivity contribution in [3.63, 3.8) is 0 Å². The third-order valence-electron chi connectivity index (χ3n) is 8.41. The summed E-state index contributed by atoms with van der Waals surface area (Å²) >= 11 is 0. The van der Waals surface area contributed by atoms with Gasteiger partial charge in [-0.05, 0) is 20.3 Å². The highest BCUT2D eigenvalue weighted by Crippen LogP contribution is 2.13. The standard InChI is InChI=1S/C43H88O13/c1-4-5-6-7-8-9-10-11-12-13-14-15-16-17-18-44-19-20-45-21-22-46-23-24-47-25-26-48-27-28-49-29-30-50-31-32-51-33-34-52-35-36-53-37-38-54-39-40-55-41-42-56-43(2)3/h43H,4-42H2,1-3H3. The Labute approximate surface area is 343 Å². The Morgan fingerprint density at radius 1 is 0.214 bits per heavy atom. The summed E-state index contributed by atoms with van der Waals surface area (Å²) in [4.78, 5) is 0. The van der Waals surface area contributed by atoms with Gasteiger partial charge in [-0.2, -0.15) is 0 Å². The van der Waals surface area contributed by atoms with Crippen LogP contribution in [-0.4, -0.2) is 171 Å². The van der Waals surface area contributed by atoms with Gasteiger partial charge in [0.2, 0.25) is 0 Å². The molecule has 0 fully saturated rings. The molecule has 0 aliphatic heterocycles. The van der Waals surface area contributed by atoms with Crippen LogP contribution in [0.15, 0.2) is 0 Å². The average molecular weight is 813 g/mol. The third kappa shape index (κ3) is 53.5. The number of hydrogen-bond donors (Lipinski definition) is 0. The fraction of sp³-hybridized carbons (Fsp3) is 1.00. The van der Waals surface area contributed by atoms with Crippen molar-refractivity contribution in [1.82, 2.24) is 0 Å². The lowest BCUT2D eigenvalue weighted by Gasteiger charge is -2.09. The summed E-state index contributed by atoms with van der Waals surface area (Å²) in [5.41, 5.74) is 0. The van der Waals surface area contributed by atoms with Gasteiger partial charge in [0.05, 0.1) is 165 Å². The van der Waals surface area contributed by atoms with E-state index in [1.54, 1.807) is 0 Å². The van der Waals surface area contributed by atoms with Crippen molar-refractivity contribution in [2.24, 2.45) is 0 Å². The zero-order chi connectivity index (χ0) is 40.3. The van der Waals surface area contributed by atoms with E-state index in [0.717, 1.165) is 13.0 Å². The van der Waals surface area contributed by atoms with Crippen LogP contribution >= 0.6 is 0 Å². The zero-order valence-corrected chi connectivity index (χ0v) is 36.5. The molecule has 0 aromatic carbocycles. The van der Waals surface area contributed by atoms with E-state index >= 15 is 0 Å². The van der Waals surface area contributed by atoms with E-state index in [2.05, 4.69) is 6.92 Å². The van der Waals surface area contributed by atoms with Gasteiger partial charge >= 0.3 is 0 Å². The lowest BCUT2D eigenvalue weighted by atomic mass is 10.0. The molecule has 0 heterocycles. The molecule has 0 atom stereocenters. The van der Waals surface area contributed by atoms with E-state index in [1.165, 1.54) is 83.5 Å². The van der Waals surface area contributed by atoms with Crippen molar-refractivity contribution in [3.05, 3.63) is 0 Å². The molecule has 56 heavy (non-hydrogen) atoms. The molecule has 0 bridgehead atoms. The fourth-order valence-corrected chi connectivity index (χ4v) is 5.26. The second-order valence-corrected chi connectivity index (χ2v) is 13.9. The lowest BCUT2D eigenvalue weighted by Crippen LogP contribution is -2.15. The Balaban J connectivity index is 3.05. The van der Waals surface area contributed by atoms with Gasteiger partial charge in [-0.15, -0.1) is 0 Å². The molecule has 0 aromatic heterocycles. The molecule has 0 amide bonds. The van der Waals surface area contributed by atoms with Gasteiger partial charge in [0.1, 0.15) is 0 Å². The summed E-state index contributed by atoms with van der Waals surface area (Å²) < 4.78 is 71.6. The van der Waals surface area contributed by atoms with Crippen LogP contribution in [-0.2, 0) is 61.6 Å². The highest BCUT2D eigenvalue weighted by Gasteiger charge is 1.99. The maximum absolute atomic E-state index is 5.69. The highest BCUT2D eigenvalue weighted by molar-refractivity contribution is 4.50. The van der Waals surface area contributed by atoms with E-state index in [4.69, 9.17) is 61.6 Å². The van der Waals surface area contributed by atoms with Crippen molar-refractivity contribution >= 4 is 0 Å². The van der Waals surface area contributed by atoms with Crippen LogP contribution in [0.3, 0.4) is 0 Å². The van der Waals surface area contributed by atoms with E-state index in [-0.39, 0.29) is 6.10 Å². The fourth-order valence-electron chi connectivity index (χ4n) is 5.26. The van der Waals surface area contributed by atoms with E-state index in [9.17, 15) is 0 Å². The smallest absolute Gasteiger partial charge is 0.0703 e. The second-order valence-electron chi connectivity index (χ2n) is 13.9. The van der Waals surface area contributed by atoms with Gasteiger partial charge in [0.15, 0.2) is 0 Å². The van der Waals surface area contributed by atoms with Crippen molar-refractivity contribution < 1.29 is 61.6 Å². The summed E-state index contributed by atoms with van der Waals surface area (Å²) in [5.74, 6) is 0. The predicted octanol–water partition coefficient (Wildman–Crippen LogP) is 7.09. The predicted molar refractivity (Wildman–Crippen MR) is 221 cm³/mol. The molecule has 0 spiro atoms. The van der Waals surface area contributed by atoms with Crippen molar-refractivity contribution in [2.75, 3.05) is 165 Å². The zero-order valence-electron chi connectivity index (χ0n) is 36.5. The summed E-state index contributed by atoms with van der Waals surface area (Å²) in [6.45, 7) is 20.2. The Morgan fingerprint density at radius 3 is 0.607 bits per heavy atom. The largest absolute Gasteiger partial charge is 0.379 e. The summed E-state index contributed by atoms with van der Waals surface area (Å²) in [5, 5.41) is 0. The Hall–Kier alpha value is -0.520. The number of unbranched alkanes of at least 4 members (excludes halogenated alkanes) is 13. The van der Waals surface area contributed by atoms with Crippen LogP contribution in [0.5, 0.6) is 0 Å². The SMILES string of the molecule is CCCCCCCCCCCCCCCCOCCOCCOCCOCCOCCOCCOCCOCCOCCOCCOCCOCCOC(C)C. The molecule has 0 rings (SSSR count). The first-order valence-corrected chi connectivity index (χ1v) is 22.3. The van der Waals surface area contributed by atoms with Crippen molar-refractivity contribution in [3.8, 4) is 0 Å². The van der Waals surface area contributed by atoms with Crippen LogP contribution in [0.1, 0.15) is 111 Å². The average Bonchev–Trinajstić information content (AvgIpc) is 3.20. The quantitative estimate of drug-likeness (QED) is 0.0582. The van der Waals surface area contributed by atoms with E-state index < -0.39 is 0 Å². The molecule has 338 valence electrons. The Morgan fingerprint density at radius 2 is 0.393 bits per heavy atom. The monoisotopic (exact) mass is 813 g/mol. The minimum Gasteiger partial charge on any atom is -0.379 e. The minimum absolute atomic E-state index is 0.231. The number of ether oxygens (including phenoxy) is 13. The first-order chi connectivity index (χ1) is 27.8. The van der Waals surface area contributed by atoms with E-state index in [0.29, 0.717) is 159 Å². The molecular weight excluding hydrogens is 724 g/mol. The Kier molecular flexibility index (Phi) is 52.0. The summed E-state index contributed by atoms with van der Waals surface area (Å²) in [6.07, 6.45) is 19.5. The van der Waals surface area contributed by atoms with Crippen LogP contribution in [0.25, 0.3) is 0 Å². The molecule has 0 aliphatic carbocycles. The molecule has 0 N–H and O–H groups in total. The lowest BCUT2D eigenvalue weighted by molar-refractivity contribution is -0.0298. The van der Waals surface area contributed by atoms with Crippen molar-refractivity contribution in [2.45, 2.75) is 117 Å².